The van der Waals surface area contributed by atoms with Crippen LogP contribution in [0.3, 0.4) is 0 Å². The molecule has 2 aromatic carbocycles. The van der Waals surface area contributed by atoms with Gasteiger partial charge in [0.15, 0.2) is 0 Å². The minimum atomic E-state index is -4.90. The molecule has 4 aromatic rings. The van der Waals surface area contributed by atoms with Crippen molar-refractivity contribution in [2.24, 2.45) is 0 Å². The third-order valence-electron chi connectivity index (χ3n) is 6.40. The molecule has 40 heavy (non-hydrogen) atoms. The maximum atomic E-state index is 13.5. The lowest BCUT2D eigenvalue weighted by Crippen LogP contribution is -2.29. The van der Waals surface area contributed by atoms with Crippen molar-refractivity contribution in [2.75, 3.05) is 10.8 Å². The Balaban J connectivity index is 1.54. The van der Waals surface area contributed by atoms with Crippen LogP contribution in [0.4, 0.5) is 23.2 Å². The summed E-state index contributed by atoms with van der Waals surface area (Å²) in [6.07, 6.45) is -1.87. The number of alkyl halides is 3. The second kappa shape index (κ2) is 10.8. The minimum Gasteiger partial charge on any atom is -0.755 e. The topological polar surface area (TPSA) is 107 Å². The molecule has 1 atom stereocenters. The summed E-state index contributed by atoms with van der Waals surface area (Å²) in [6, 6.07) is 10.9. The standard InChI is InChI=1S/C26H20BrF4N3O5S/c27-19-8-1-14(11-22(19)39-26(29,30)31)9-10-34(40(37)38)21-13-33-20(12-18(21)15-2-3-15)23(25(35)36)24(32-33)16-4-6-17(28)7-5-16/h1,4-8,11-13,15H,2-3,9-10H2,(H,35,36)(H,37,38)/p-1. The van der Waals surface area contributed by atoms with Crippen molar-refractivity contribution in [3.8, 4) is 17.0 Å². The van der Waals surface area contributed by atoms with Gasteiger partial charge in [0, 0.05) is 23.4 Å². The normalized spacial score (nSPS) is 14.3. The zero-order valence-electron chi connectivity index (χ0n) is 20.3. The highest BCUT2D eigenvalue weighted by Crippen LogP contribution is 2.46. The Bertz CT molecular complexity index is 1620. The van der Waals surface area contributed by atoms with E-state index in [1.807, 2.05) is 0 Å². The molecule has 0 aliphatic heterocycles. The number of rotatable bonds is 9. The van der Waals surface area contributed by atoms with Gasteiger partial charge in [-0.1, -0.05) is 6.07 Å². The Hall–Kier alpha value is -3.49. The number of halogens is 5. The number of fused-ring (bicyclic) bond motifs is 1. The predicted octanol–water partition coefficient (Wildman–Crippen LogP) is 6.22. The molecule has 210 valence electrons. The number of anilines is 1. The number of carboxylic acids is 1. The van der Waals surface area contributed by atoms with Gasteiger partial charge in [-0.25, -0.2) is 13.7 Å². The number of pyridine rings is 1. The summed E-state index contributed by atoms with van der Waals surface area (Å²) in [5.41, 5.74) is 1.89. The second-order valence-electron chi connectivity index (χ2n) is 9.14. The molecule has 14 heteroatoms. The lowest BCUT2D eigenvalue weighted by atomic mass is 10.0. The van der Waals surface area contributed by atoms with Crippen LogP contribution >= 0.6 is 15.9 Å². The number of ether oxygens (including phenoxy) is 1. The van der Waals surface area contributed by atoms with E-state index in [4.69, 9.17) is 0 Å². The first-order chi connectivity index (χ1) is 18.9. The fourth-order valence-electron chi connectivity index (χ4n) is 4.46. The van der Waals surface area contributed by atoms with E-state index in [1.165, 1.54) is 47.1 Å². The summed E-state index contributed by atoms with van der Waals surface area (Å²) >= 11 is 0.235. The SMILES string of the molecule is O=C(O)c1c(-c2ccc(F)cc2)nn2cc(N(CCc3ccc(Br)c(OC(F)(F)F)c3)S(=O)[O-])c(C3CC3)cc12. The average molecular weight is 641 g/mol. The average Bonchev–Trinajstić information content (AvgIpc) is 3.65. The molecule has 1 N–H and O–H groups in total. The number of aromatic carboxylic acids is 1. The van der Waals surface area contributed by atoms with Crippen molar-refractivity contribution in [1.82, 2.24) is 9.61 Å². The molecule has 0 radical (unpaired) electrons. The van der Waals surface area contributed by atoms with Gasteiger partial charge in [0.25, 0.3) is 0 Å². The first-order valence-corrected chi connectivity index (χ1v) is 13.7. The summed E-state index contributed by atoms with van der Waals surface area (Å²) < 4.78 is 83.0. The third kappa shape index (κ3) is 5.98. The molecule has 0 spiro atoms. The van der Waals surface area contributed by atoms with Crippen LogP contribution < -0.4 is 9.04 Å². The van der Waals surface area contributed by atoms with Crippen LogP contribution in [0, 0.1) is 5.82 Å². The molecule has 1 saturated carbocycles. The molecule has 8 nitrogen and oxygen atoms in total. The zero-order chi connectivity index (χ0) is 28.8. The van der Waals surface area contributed by atoms with Gasteiger partial charge in [-0.15, -0.1) is 13.2 Å². The summed E-state index contributed by atoms with van der Waals surface area (Å²) in [5.74, 6) is -2.21. The summed E-state index contributed by atoms with van der Waals surface area (Å²) in [4.78, 5) is 12.2. The summed E-state index contributed by atoms with van der Waals surface area (Å²) in [6.45, 7) is -0.119. The number of aromatic nitrogens is 2. The maximum absolute atomic E-state index is 13.5. The lowest BCUT2D eigenvalue weighted by molar-refractivity contribution is -0.274. The number of benzene rings is 2. The van der Waals surface area contributed by atoms with Crippen LogP contribution in [0.1, 0.15) is 40.2 Å². The van der Waals surface area contributed by atoms with Crippen LogP contribution in [-0.2, 0) is 17.7 Å². The molecule has 0 amide bonds. The minimum absolute atomic E-state index is 0.00339. The molecule has 2 heterocycles. The van der Waals surface area contributed by atoms with Gasteiger partial charge < -0.3 is 18.7 Å². The number of hydrogen-bond acceptors (Lipinski definition) is 5. The fraction of sp³-hybridized carbons (Fsp3) is 0.231. The molecule has 5 rings (SSSR count). The van der Waals surface area contributed by atoms with E-state index >= 15 is 0 Å². The van der Waals surface area contributed by atoms with Crippen LogP contribution in [0.15, 0.2) is 59.2 Å². The van der Waals surface area contributed by atoms with Crippen molar-refractivity contribution in [1.29, 1.82) is 0 Å². The van der Waals surface area contributed by atoms with E-state index in [-0.39, 0.29) is 45.8 Å². The number of carbonyl (C=O) groups is 1. The molecule has 0 saturated heterocycles. The van der Waals surface area contributed by atoms with E-state index < -0.39 is 35.2 Å². The van der Waals surface area contributed by atoms with E-state index in [9.17, 15) is 36.2 Å². The fourth-order valence-corrected chi connectivity index (χ4v) is 5.34. The van der Waals surface area contributed by atoms with Crippen LogP contribution in [0.25, 0.3) is 16.8 Å². The van der Waals surface area contributed by atoms with Gasteiger partial charge in [0.2, 0.25) is 0 Å². The Morgan fingerprint density at radius 1 is 1.20 bits per heavy atom. The molecule has 1 aliphatic rings. The van der Waals surface area contributed by atoms with Crippen molar-refractivity contribution in [2.45, 2.75) is 31.5 Å². The summed E-state index contributed by atoms with van der Waals surface area (Å²) in [5, 5.41) is 14.4. The first-order valence-electron chi connectivity index (χ1n) is 11.9. The van der Waals surface area contributed by atoms with Crippen LogP contribution in [0.2, 0.25) is 0 Å². The monoisotopic (exact) mass is 640 g/mol. The van der Waals surface area contributed by atoms with Gasteiger partial charge in [0.05, 0.1) is 21.9 Å². The molecule has 2 aromatic heterocycles. The van der Waals surface area contributed by atoms with Gasteiger partial charge in [-0.3, -0.25) is 4.21 Å². The molecular formula is C26H19BrF4N3O5S-. The van der Waals surface area contributed by atoms with Crippen LogP contribution in [0.5, 0.6) is 5.75 Å². The van der Waals surface area contributed by atoms with Crippen LogP contribution in [-0.4, -0.2) is 42.4 Å². The number of carboxylic acid groups (broad SMARTS) is 1. The highest BCUT2D eigenvalue weighted by Gasteiger charge is 2.33. The number of hydrogen-bond donors (Lipinski definition) is 1. The van der Waals surface area contributed by atoms with E-state index in [0.29, 0.717) is 16.7 Å². The van der Waals surface area contributed by atoms with Gasteiger partial charge in [-0.2, -0.15) is 5.10 Å². The van der Waals surface area contributed by atoms with E-state index in [2.05, 4.69) is 25.8 Å². The highest BCUT2D eigenvalue weighted by atomic mass is 79.9. The maximum Gasteiger partial charge on any atom is 0.573 e. The van der Waals surface area contributed by atoms with E-state index in [1.54, 1.807) is 12.1 Å². The van der Waals surface area contributed by atoms with E-state index in [0.717, 1.165) is 17.1 Å². The van der Waals surface area contributed by atoms with Gasteiger partial charge in [-0.05, 0) is 94.7 Å². The molecule has 1 aliphatic carbocycles. The zero-order valence-corrected chi connectivity index (χ0v) is 22.7. The van der Waals surface area contributed by atoms with Gasteiger partial charge >= 0.3 is 12.3 Å². The quantitative estimate of drug-likeness (QED) is 0.172. The Morgan fingerprint density at radius 3 is 2.50 bits per heavy atom. The molecule has 1 fully saturated rings. The highest BCUT2D eigenvalue weighted by molar-refractivity contribution is 9.10. The Kier molecular flexibility index (Phi) is 7.59. The van der Waals surface area contributed by atoms with Gasteiger partial charge in [0.1, 0.15) is 22.8 Å². The first kappa shape index (κ1) is 28.1. The lowest BCUT2D eigenvalue weighted by Gasteiger charge is -2.28. The van der Waals surface area contributed by atoms with Crippen molar-refractivity contribution < 1.29 is 41.0 Å². The number of nitrogens with zero attached hydrogens (tertiary/aromatic N) is 3. The largest absolute Gasteiger partial charge is 0.755 e. The summed E-state index contributed by atoms with van der Waals surface area (Å²) in [7, 11) is 0. The van der Waals surface area contributed by atoms with Crippen molar-refractivity contribution >= 4 is 44.4 Å². The molecule has 0 bridgehead atoms. The smallest absolute Gasteiger partial charge is 0.573 e. The molecule has 1 unspecified atom stereocenters. The second-order valence-corrected chi connectivity index (χ2v) is 10.9. The van der Waals surface area contributed by atoms with Crippen molar-refractivity contribution in [3.05, 3.63) is 81.7 Å². The predicted molar refractivity (Wildman–Crippen MR) is 140 cm³/mol. The molecular weight excluding hydrogens is 622 g/mol. The Morgan fingerprint density at radius 2 is 1.90 bits per heavy atom. The third-order valence-corrected chi connectivity index (χ3v) is 7.80. The van der Waals surface area contributed by atoms with Crippen molar-refractivity contribution in [3.63, 3.8) is 0 Å². The Labute approximate surface area is 235 Å².